The normalized spacial score (nSPS) is 10.9. The summed E-state index contributed by atoms with van der Waals surface area (Å²) >= 11 is 0. The summed E-state index contributed by atoms with van der Waals surface area (Å²) in [5, 5.41) is 22.9. The quantitative estimate of drug-likeness (QED) is 0.105. The molecule has 0 unspecified atom stereocenters. The molecule has 0 saturated heterocycles. The van der Waals surface area contributed by atoms with Crippen LogP contribution in [0.25, 0.3) is 97.0 Å². The van der Waals surface area contributed by atoms with E-state index in [9.17, 15) is 0 Å². The van der Waals surface area contributed by atoms with Crippen LogP contribution in [-0.2, 0) is 0 Å². The molecule has 0 heterocycles. The van der Waals surface area contributed by atoms with Crippen LogP contribution in [0.1, 0.15) is 22.3 Å². The van der Waals surface area contributed by atoms with E-state index in [0.717, 1.165) is 27.6 Å². The van der Waals surface area contributed by atoms with E-state index in [0.29, 0.717) is 0 Å². The molecule has 0 nitrogen and oxygen atoms in total. The standard InChI is InChI=1S/C34H20.2C18H12/c1-3-9-25(10-4-1)15-17-27-18-19-30-23-31-21-28-13-7-8-14-29(28)22-32(31)24-34(30)33(27)20-16-26-11-5-2-6-12-26;2*1-2-6-14-10-18-12-16-8-4-3-7-15(16)11-17(18)9-13(14)5-1/h1-14,18-19,21-24H;2*1-12H. The zero-order valence-corrected chi connectivity index (χ0v) is 38.4. The van der Waals surface area contributed by atoms with Gasteiger partial charge in [-0.3, -0.25) is 0 Å². The topological polar surface area (TPSA) is 0 Å². The first-order valence-electron chi connectivity index (χ1n) is 23.8. The first-order chi connectivity index (χ1) is 34.6. The lowest BCUT2D eigenvalue weighted by Crippen LogP contribution is -1.89. The van der Waals surface area contributed by atoms with Crippen LogP contribution in [0.4, 0.5) is 0 Å². The van der Waals surface area contributed by atoms with Crippen molar-refractivity contribution in [2.45, 2.75) is 0 Å². The summed E-state index contributed by atoms with van der Waals surface area (Å²) in [6, 6.07) is 94.3. The maximum absolute atomic E-state index is 3.46. The van der Waals surface area contributed by atoms with Crippen molar-refractivity contribution in [1.82, 2.24) is 0 Å². The summed E-state index contributed by atoms with van der Waals surface area (Å²) in [6.45, 7) is 0. The number of hydrogen-bond donors (Lipinski definition) is 0. The summed E-state index contributed by atoms with van der Waals surface area (Å²) < 4.78 is 0. The number of benzene rings is 14. The summed E-state index contributed by atoms with van der Waals surface area (Å²) in [5.41, 5.74) is 3.91. The number of fused-ring (bicyclic) bond motifs is 9. The largest absolute Gasteiger partial charge is 0.0622 e. The molecule has 324 valence electrons. The molecule has 0 spiro atoms. The zero-order chi connectivity index (χ0) is 46.6. The molecule has 0 heteroatoms. The zero-order valence-electron chi connectivity index (χ0n) is 38.4. The minimum absolute atomic E-state index is 0.944. The molecular weight excluding hydrogens is 841 g/mol. The third-order valence-electron chi connectivity index (χ3n) is 13.2. The molecular formula is C70H44. The molecule has 70 heavy (non-hydrogen) atoms. The van der Waals surface area contributed by atoms with Crippen LogP contribution in [0, 0.1) is 23.7 Å². The minimum atomic E-state index is 0.944. The Bertz CT molecular complexity index is 3970. The van der Waals surface area contributed by atoms with Gasteiger partial charge in [0.1, 0.15) is 0 Å². The maximum atomic E-state index is 3.46. The molecule has 14 aromatic rings. The molecule has 0 aliphatic carbocycles. The molecule has 0 fully saturated rings. The van der Waals surface area contributed by atoms with Gasteiger partial charge in [0.15, 0.2) is 0 Å². The Hall–Kier alpha value is -9.46. The van der Waals surface area contributed by atoms with Crippen molar-refractivity contribution in [3.05, 3.63) is 289 Å². The molecule has 0 aromatic heterocycles. The van der Waals surface area contributed by atoms with E-state index in [-0.39, 0.29) is 0 Å². The van der Waals surface area contributed by atoms with Crippen LogP contribution in [0.2, 0.25) is 0 Å². The van der Waals surface area contributed by atoms with Gasteiger partial charge in [0, 0.05) is 22.3 Å². The fourth-order valence-corrected chi connectivity index (χ4v) is 9.59. The number of hydrogen-bond acceptors (Lipinski definition) is 0. The van der Waals surface area contributed by atoms with Crippen LogP contribution in [0.15, 0.2) is 267 Å². The Morgan fingerprint density at radius 2 is 0.429 bits per heavy atom. The van der Waals surface area contributed by atoms with Crippen molar-refractivity contribution < 1.29 is 0 Å². The number of rotatable bonds is 0. The first-order valence-corrected chi connectivity index (χ1v) is 23.8. The van der Waals surface area contributed by atoms with Crippen molar-refractivity contribution in [3.8, 4) is 23.7 Å². The summed E-state index contributed by atoms with van der Waals surface area (Å²) in [4.78, 5) is 0. The highest BCUT2D eigenvalue weighted by atomic mass is 14.1. The van der Waals surface area contributed by atoms with Gasteiger partial charge in [-0.05, 0) is 200 Å². The molecule has 0 radical (unpaired) electrons. The summed E-state index contributed by atoms with van der Waals surface area (Å²) in [6.07, 6.45) is 0. The lowest BCUT2D eigenvalue weighted by molar-refractivity contribution is 1.62. The fraction of sp³-hybridized carbons (Fsp3) is 0. The van der Waals surface area contributed by atoms with Gasteiger partial charge in [0.25, 0.3) is 0 Å². The van der Waals surface area contributed by atoms with Gasteiger partial charge in [-0.15, -0.1) is 0 Å². The van der Waals surface area contributed by atoms with E-state index < -0.39 is 0 Å². The third-order valence-corrected chi connectivity index (χ3v) is 13.2. The van der Waals surface area contributed by atoms with Gasteiger partial charge in [0.2, 0.25) is 0 Å². The molecule has 0 aliphatic rings. The highest BCUT2D eigenvalue weighted by Gasteiger charge is 2.09. The van der Waals surface area contributed by atoms with Crippen LogP contribution >= 0.6 is 0 Å². The smallest absolute Gasteiger partial charge is 0.0484 e. The first kappa shape index (κ1) is 41.9. The molecule has 14 rings (SSSR count). The average Bonchev–Trinajstić information content (AvgIpc) is 3.41. The molecule has 0 bridgehead atoms. The molecule has 0 aliphatic heterocycles. The fourth-order valence-electron chi connectivity index (χ4n) is 9.59. The van der Waals surface area contributed by atoms with Crippen molar-refractivity contribution in [2.75, 3.05) is 0 Å². The van der Waals surface area contributed by atoms with E-state index >= 15 is 0 Å². The molecule has 0 amide bonds. The highest BCUT2D eigenvalue weighted by molar-refractivity contribution is 6.08. The Labute approximate surface area is 407 Å². The Balaban J connectivity index is 0.000000118. The Morgan fingerprint density at radius 1 is 0.171 bits per heavy atom. The van der Waals surface area contributed by atoms with Gasteiger partial charge in [0.05, 0.1) is 0 Å². The Morgan fingerprint density at radius 3 is 0.743 bits per heavy atom. The Kier molecular flexibility index (Phi) is 11.2. The lowest BCUT2D eigenvalue weighted by atomic mass is 9.94. The molecule has 0 N–H and O–H groups in total. The highest BCUT2D eigenvalue weighted by Crippen LogP contribution is 2.32. The molecule has 0 atom stereocenters. The van der Waals surface area contributed by atoms with E-state index in [2.05, 4.69) is 230 Å². The van der Waals surface area contributed by atoms with Crippen LogP contribution < -0.4 is 0 Å². The van der Waals surface area contributed by atoms with Gasteiger partial charge in [-0.1, -0.05) is 187 Å². The van der Waals surface area contributed by atoms with Crippen molar-refractivity contribution in [2.24, 2.45) is 0 Å². The van der Waals surface area contributed by atoms with Gasteiger partial charge in [-0.25, -0.2) is 0 Å². The second-order valence-corrected chi connectivity index (χ2v) is 17.8. The van der Waals surface area contributed by atoms with E-state index in [1.807, 2.05) is 60.7 Å². The monoisotopic (exact) mass is 884 g/mol. The van der Waals surface area contributed by atoms with Gasteiger partial charge >= 0.3 is 0 Å². The van der Waals surface area contributed by atoms with Crippen LogP contribution in [0.3, 0.4) is 0 Å². The second kappa shape index (κ2) is 18.7. The minimum Gasteiger partial charge on any atom is -0.0622 e. The lowest BCUT2D eigenvalue weighted by Gasteiger charge is -2.08. The van der Waals surface area contributed by atoms with Crippen LogP contribution in [-0.4, -0.2) is 0 Å². The maximum Gasteiger partial charge on any atom is 0.0484 e. The van der Waals surface area contributed by atoms with Crippen molar-refractivity contribution in [3.63, 3.8) is 0 Å². The molecule has 14 aromatic carbocycles. The van der Waals surface area contributed by atoms with Crippen molar-refractivity contribution in [1.29, 1.82) is 0 Å². The predicted octanol–water partition coefficient (Wildman–Crippen LogP) is 18.2. The third kappa shape index (κ3) is 8.78. The summed E-state index contributed by atoms with van der Waals surface area (Å²) in [7, 11) is 0. The average molecular weight is 885 g/mol. The van der Waals surface area contributed by atoms with E-state index in [4.69, 9.17) is 0 Å². The van der Waals surface area contributed by atoms with Crippen molar-refractivity contribution >= 4 is 97.0 Å². The second-order valence-electron chi connectivity index (χ2n) is 17.8. The van der Waals surface area contributed by atoms with E-state index in [1.165, 1.54) is 91.6 Å². The summed E-state index contributed by atoms with van der Waals surface area (Å²) in [5.74, 6) is 13.5. The van der Waals surface area contributed by atoms with Crippen LogP contribution in [0.5, 0.6) is 0 Å². The molecule has 0 saturated carbocycles. The van der Waals surface area contributed by atoms with Gasteiger partial charge < -0.3 is 0 Å². The SMILES string of the molecule is C(#Cc1ccc2cc3cc4ccccc4cc3cc2c1C#Cc1ccccc1)c1ccccc1.c1ccc2cc3cc4ccccc4cc3cc2c1.c1ccc2cc3cc4ccccc4cc3cc2c1. The predicted molar refractivity (Wildman–Crippen MR) is 302 cm³/mol. The van der Waals surface area contributed by atoms with E-state index in [1.54, 1.807) is 0 Å². The van der Waals surface area contributed by atoms with Gasteiger partial charge in [-0.2, -0.15) is 0 Å².